The Bertz CT molecular complexity index is 413. The minimum absolute atomic E-state index is 0.554. The van der Waals surface area contributed by atoms with E-state index in [1.165, 1.54) is 30.8 Å². The standard InChI is InChI=1S/C12H19N5S/c13-16-10-8-11(15-12(14-10)9-2-3-9)17-4-1-6-18-7-5-17/h8-9H,1-7,13H2,(H,14,15,16). The van der Waals surface area contributed by atoms with Crippen molar-refractivity contribution in [3.8, 4) is 0 Å². The second-order valence-corrected chi connectivity index (χ2v) is 6.07. The first kappa shape index (κ1) is 12.0. The largest absolute Gasteiger partial charge is 0.356 e. The minimum Gasteiger partial charge on any atom is -0.356 e. The molecule has 0 amide bonds. The molecule has 1 aromatic heterocycles. The molecule has 1 aliphatic carbocycles. The highest BCUT2D eigenvalue weighted by molar-refractivity contribution is 7.99. The van der Waals surface area contributed by atoms with E-state index in [-0.39, 0.29) is 0 Å². The van der Waals surface area contributed by atoms with Crippen molar-refractivity contribution >= 4 is 23.4 Å². The SMILES string of the molecule is NNc1cc(N2CCCSCC2)nc(C2CC2)n1. The average Bonchev–Trinajstić information content (AvgIpc) is 3.24. The fraction of sp³-hybridized carbons (Fsp3) is 0.667. The molecule has 18 heavy (non-hydrogen) atoms. The molecule has 1 saturated heterocycles. The summed E-state index contributed by atoms with van der Waals surface area (Å²) in [6.07, 6.45) is 3.64. The van der Waals surface area contributed by atoms with Crippen LogP contribution in [0.1, 0.15) is 31.0 Å². The van der Waals surface area contributed by atoms with E-state index in [0.717, 1.165) is 30.5 Å². The molecule has 98 valence electrons. The fourth-order valence-corrected chi connectivity index (χ4v) is 3.07. The molecule has 6 heteroatoms. The molecule has 0 radical (unpaired) electrons. The average molecular weight is 265 g/mol. The van der Waals surface area contributed by atoms with Crippen LogP contribution in [-0.4, -0.2) is 34.6 Å². The number of rotatable bonds is 3. The third-order valence-electron chi connectivity index (χ3n) is 3.37. The molecule has 0 spiro atoms. The van der Waals surface area contributed by atoms with Gasteiger partial charge in [-0.05, 0) is 25.0 Å². The summed E-state index contributed by atoms with van der Waals surface area (Å²) < 4.78 is 0. The molecule has 1 aliphatic heterocycles. The van der Waals surface area contributed by atoms with Crippen LogP contribution < -0.4 is 16.2 Å². The second-order valence-electron chi connectivity index (χ2n) is 4.84. The summed E-state index contributed by atoms with van der Waals surface area (Å²) in [5.41, 5.74) is 2.66. The number of aromatic nitrogens is 2. The van der Waals surface area contributed by atoms with Crippen LogP contribution in [0, 0.1) is 0 Å². The Morgan fingerprint density at radius 1 is 1.28 bits per heavy atom. The topological polar surface area (TPSA) is 67.1 Å². The maximum absolute atomic E-state index is 5.51. The molecule has 2 heterocycles. The first-order valence-corrected chi connectivity index (χ1v) is 7.70. The molecule has 0 bridgehead atoms. The number of hydrazine groups is 1. The summed E-state index contributed by atoms with van der Waals surface area (Å²) in [6, 6.07) is 1.96. The van der Waals surface area contributed by atoms with Crippen molar-refractivity contribution in [2.75, 3.05) is 34.9 Å². The van der Waals surface area contributed by atoms with Gasteiger partial charge in [0.15, 0.2) is 0 Å². The molecular formula is C12H19N5S. The van der Waals surface area contributed by atoms with Crippen molar-refractivity contribution in [2.45, 2.75) is 25.2 Å². The van der Waals surface area contributed by atoms with Crippen molar-refractivity contribution < 1.29 is 0 Å². The number of nitrogens with two attached hydrogens (primary N) is 1. The highest BCUT2D eigenvalue weighted by Gasteiger charge is 2.28. The molecule has 3 rings (SSSR count). The Morgan fingerprint density at radius 3 is 2.94 bits per heavy atom. The number of thioether (sulfide) groups is 1. The van der Waals surface area contributed by atoms with Crippen molar-refractivity contribution in [2.24, 2.45) is 5.84 Å². The van der Waals surface area contributed by atoms with Gasteiger partial charge < -0.3 is 10.3 Å². The van der Waals surface area contributed by atoms with Crippen molar-refractivity contribution in [3.05, 3.63) is 11.9 Å². The van der Waals surface area contributed by atoms with Gasteiger partial charge in [-0.25, -0.2) is 15.8 Å². The molecule has 0 atom stereocenters. The highest BCUT2D eigenvalue weighted by Crippen LogP contribution is 2.39. The zero-order valence-electron chi connectivity index (χ0n) is 10.4. The van der Waals surface area contributed by atoms with E-state index in [9.17, 15) is 0 Å². The predicted octanol–water partition coefficient (Wildman–Crippen LogP) is 1.58. The molecule has 2 aliphatic rings. The Hall–Kier alpha value is -1.01. The van der Waals surface area contributed by atoms with Gasteiger partial charge in [0.05, 0.1) is 0 Å². The molecule has 0 aromatic carbocycles. The van der Waals surface area contributed by atoms with E-state index in [1.54, 1.807) is 0 Å². The lowest BCUT2D eigenvalue weighted by molar-refractivity contribution is 0.786. The summed E-state index contributed by atoms with van der Waals surface area (Å²) in [5.74, 6) is 11.2. The first-order chi connectivity index (χ1) is 8.86. The van der Waals surface area contributed by atoms with Crippen LogP contribution in [-0.2, 0) is 0 Å². The third kappa shape index (κ3) is 2.70. The zero-order chi connectivity index (χ0) is 12.4. The first-order valence-electron chi connectivity index (χ1n) is 6.55. The summed E-state index contributed by atoms with van der Waals surface area (Å²) in [7, 11) is 0. The van der Waals surface area contributed by atoms with E-state index in [4.69, 9.17) is 10.8 Å². The van der Waals surface area contributed by atoms with Crippen LogP contribution in [0.15, 0.2) is 6.07 Å². The van der Waals surface area contributed by atoms with Gasteiger partial charge in [0.2, 0.25) is 0 Å². The van der Waals surface area contributed by atoms with Crippen LogP contribution in [0.25, 0.3) is 0 Å². The van der Waals surface area contributed by atoms with Crippen LogP contribution in [0.4, 0.5) is 11.6 Å². The summed E-state index contributed by atoms with van der Waals surface area (Å²) in [6.45, 7) is 2.15. The molecule has 3 N–H and O–H groups in total. The molecule has 2 fully saturated rings. The zero-order valence-corrected chi connectivity index (χ0v) is 11.2. The van der Waals surface area contributed by atoms with E-state index in [1.807, 2.05) is 17.8 Å². The van der Waals surface area contributed by atoms with E-state index >= 15 is 0 Å². The van der Waals surface area contributed by atoms with Gasteiger partial charge in [0.25, 0.3) is 0 Å². The van der Waals surface area contributed by atoms with Gasteiger partial charge in [0, 0.05) is 30.8 Å². The molecular weight excluding hydrogens is 246 g/mol. The lowest BCUT2D eigenvalue weighted by atomic mass is 10.3. The number of nitrogens with zero attached hydrogens (tertiary/aromatic N) is 3. The molecule has 1 saturated carbocycles. The molecule has 1 aromatic rings. The number of hydrogen-bond donors (Lipinski definition) is 2. The lowest BCUT2D eigenvalue weighted by Crippen LogP contribution is -2.27. The van der Waals surface area contributed by atoms with Gasteiger partial charge in [0.1, 0.15) is 17.5 Å². The summed E-state index contributed by atoms with van der Waals surface area (Å²) in [5, 5.41) is 0. The summed E-state index contributed by atoms with van der Waals surface area (Å²) >= 11 is 2.02. The van der Waals surface area contributed by atoms with Gasteiger partial charge >= 0.3 is 0 Å². The Labute approximate surface area is 112 Å². The van der Waals surface area contributed by atoms with Gasteiger partial charge in [-0.15, -0.1) is 0 Å². The van der Waals surface area contributed by atoms with E-state index < -0.39 is 0 Å². The van der Waals surface area contributed by atoms with Crippen molar-refractivity contribution in [1.82, 2.24) is 9.97 Å². The Kier molecular flexibility index (Phi) is 3.56. The Morgan fingerprint density at radius 2 is 2.17 bits per heavy atom. The maximum Gasteiger partial charge on any atom is 0.145 e. The smallest absolute Gasteiger partial charge is 0.145 e. The third-order valence-corrected chi connectivity index (χ3v) is 4.42. The van der Waals surface area contributed by atoms with E-state index in [2.05, 4.69) is 15.3 Å². The van der Waals surface area contributed by atoms with Crippen LogP contribution >= 0.6 is 11.8 Å². The van der Waals surface area contributed by atoms with Crippen LogP contribution in [0.3, 0.4) is 0 Å². The molecule has 0 unspecified atom stereocenters. The second kappa shape index (κ2) is 5.32. The quantitative estimate of drug-likeness (QED) is 0.639. The van der Waals surface area contributed by atoms with Gasteiger partial charge in [-0.3, -0.25) is 0 Å². The number of anilines is 2. The molecule has 5 nitrogen and oxygen atoms in total. The number of hydrogen-bond acceptors (Lipinski definition) is 6. The van der Waals surface area contributed by atoms with Crippen LogP contribution in [0.5, 0.6) is 0 Å². The monoisotopic (exact) mass is 265 g/mol. The van der Waals surface area contributed by atoms with E-state index in [0.29, 0.717) is 5.92 Å². The lowest BCUT2D eigenvalue weighted by Gasteiger charge is -2.22. The summed E-state index contributed by atoms with van der Waals surface area (Å²) in [4.78, 5) is 11.5. The number of nitrogen functional groups attached to an aromatic ring is 1. The maximum atomic E-state index is 5.51. The van der Waals surface area contributed by atoms with Gasteiger partial charge in [-0.2, -0.15) is 11.8 Å². The van der Waals surface area contributed by atoms with Gasteiger partial charge in [-0.1, -0.05) is 0 Å². The Balaban J connectivity index is 1.86. The van der Waals surface area contributed by atoms with Crippen LogP contribution in [0.2, 0.25) is 0 Å². The predicted molar refractivity (Wildman–Crippen MR) is 76.0 cm³/mol. The number of nitrogens with one attached hydrogen (secondary N) is 1. The fourth-order valence-electron chi connectivity index (χ4n) is 2.19. The highest BCUT2D eigenvalue weighted by atomic mass is 32.2. The van der Waals surface area contributed by atoms with Crippen molar-refractivity contribution in [1.29, 1.82) is 0 Å². The normalized spacial score (nSPS) is 20.6. The minimum atomic E-state index is 0.554. The van der Waals surface area contributed by atoms with Crippen molar-refractivity contribution in [3.63, 3.8) is 0 Å².